The SMILES string of the molecule is Cc1cccc(CC(CBr)CCCS(C)(=O)=O)c1. The van der Waals surface area contributed by atoms with Crippen molar-refractivity contribution in [2.75, 3.05) is 17.3 Å². The maximum Gasteiger partial charge on any atom is 0.147 e. The van der Waals surface area contributed by atoms with Gasteiger partial charge in [-0.05, 0) is 37.7 Å². The van der Waals surface area contributed by atoms with Crippen LogP contribution in [0.2, 0.25) is 0 Å². The Hall–Kier alpha value is -0.350. The number of sulfone groups is 1. The van der Waals surface area contributed by atoms with Crippen LogP contribution in [0, 0.1) is 12.8 Å². The molecule has 0 N–H and O–H groups in total. The molecule has 18 heavy (non-hydrogen) atoms. The normalized spacial score (nSPS) is 13.5. The van der Waals surface area contributed by atoms with Crippen LogP contribution in [0.25, 0.3) is 0 Å². The van der Waals surface area contributed by atoms with Crippen LogP contribution in [-0.4, -0.2) is 25.8 Å². The molecule has 1 unspecified atom stereocenters. The van der Waals surface area contributed by atoms with Gasteiger partial charge >= 0.3 is 0 Å². The number of benzene rings is 1. The van der Waals surface area contributed by atoms with Crippen LogP contribution in [0.15, 0.2) is 24.3 Å². The van der Waals surface area contributed by atoms with Crippen molar-refractivity contribution >= 4 is 25.8 Å². The van der Waals surface area contributed by atoms with E-state index in [4.69, 9.17) is 0 Å². The monoisotopic (exact) mass is 332 g/mol. The van der Waals surface area contributed by atoms with Gasteiger partial charge in [0.1, 0.15) is 9.84 Å². The van der Waals surface area contributed by atoms with E-state index in [1.54, 1.807) is 0 Å². The van der Waals surface area contributed by atoms with Gasteiger partial charge in [0.2, 0.25) is 0 Å². The quantitative estimate of drug-likeness (QED) is 0.717. The van der Waals surface area contributed by atoms with Crippen LogP contribution >= 0.6 is 15.9 Å². The molecule has 0 aromatic heterocycles. The number of halogens is 1. The third-order valence-corrected chi connectivity index (χ3v) is 4.90. The van der Waals surface area contributed by atoms with Crippen molar-refractivity contribution in [3.05, 3.63) is 35.4 Å². The molecule has 0 fully saturated rings. The Kier molecular flexibility index (Phi) is 6.36. The lowest BCUT2D eigenvalue weighted by Gasteiger charge is -2.14. The third kappa shape index (κ3) is 6.55. The minimum Gasteiger partial charge on any atom is -0.229 e. The summed E-state index contributed by atoms with van der Waals surface area (Å²) in [5, 5.41) is 0.921. The van der Waals surface area contributed by atoms with Crippen molar-refractivity contribution in [2.24, 2.45) is 5.92 Å². The first-order valence-electron chi connectivity index (χ1n) is 6.20. The van der Waals surface area contributed by atoms with Crippen molar-refractivity contribution in [1.29, 1.82) is 0 Å². The lowest BCUT2D eigenvalue weighted by Crippen LogP contribution is -2.10. The second kappa shape index (κ2) is 7.29. The first-order valence-corrected chi connectivity index (χ1v) is 9.38. The Bertz CT molecular complexity index is 468. The van der Waals surface area contributed by atoms with Crippen LogP contribution < -0.4 is 0 Å². The van der Waals surface area contributed by atoms with Crippen LogP contribution in [0.4, 0.5) is 0 Å². The Labute approximate surface area is 119 Å². The lowest BCUT2D eigenvalue weighted by molar-refractivity contribution is 0.529. The molecular formula is C14H21BrO2S. The largest absolute Gasteiger partial charge is 0.229 e. The Morgan fingerprint density at radius 2 is 2.06 bits per heavy atom. The first-order chi connectivity index (χ1) is 8.40. The highest BCUT2D eigenvalue weighted by Gasteiger charge is 2.10. The summed E-state index contributed by atoms with van der Waals surface area (Å²) in [5.74, 6) is 0.804. The van der Waals surface area contributed by atoms with Gasteiger partial charge in [-0.2, -0.15) is 0 Å². The van der Waals surface area contributed by atoms with Gasteiger partial charge in [0, 0.05) is 17.3 Å². The summed E-state index contributed by atoms with van der Waals surface area (Å²) < 4.78 is 22.2. The van der Waals surface area contributed by atoms with Gasteiger partial charge in [-0.3, -0.25) is 0 Å². The topological polar surface area (TPSA) is 34.1 Å². The summed E-state index contributed by atoms with van der Waals surface area (Å²) >= 11 is 3.52. The Morgan fingerprint density at radius 1 is 1.33 bits per heavy atom. The lowest BCUT2D eigenvalue weighted by atomic mass is 9.96. The Balaban J connectivity index is 2.47. The average molecular weight is 333 g/mol. The molecule has 1 atom stereocenters. The maximum atomic E-state index is 11.1. The molecule has 1 aromatic rings. The van der Waals surface area contributed by atoms with Gasteiger partial charge in [-0.1, -0.05) is 45.8 Å². The molecule has 0 saturated carbocycles. The van der Waals surface area contributed by atoms with Gasteiger partial charge in [0.05, 0.1) is 0 Å². The van der Waals surface area contributed by atoms with E-state index in [2.05, 4.69) is 47.1 Å². The predicted molar refractivity (Wildman–Crippen MR) is 81.1 cm³/mol. The molecule has 0 bridgehead atoms. The van der Waals surface area contributed by atoms with Crippen molar-refractivity contribution in [3.63, 3.8) is 0 Å². The van der Waals surface area contributed by atoms with E-state index in [1.165, 1.54) is 17.4 Å². The van der Waals surface area contributed by atoms with Gasteiger partial charge in [0.25, 0.3) is 0 Å². The van der Waals surface area contributed by atoms with E-state index in [-0.39, 0.29) is 0 Å². The highest BCUT2D eigenvalue weighted by Crippen LogP contribution is 2.18. The second-order valence-corrected chi connectivity index (χ2v) is 7.89. The zero-order valence-corrected chi connectivity index (χ0v) is 13.4. The van der Waals surface area contributed by atoms with E-state index in [0.29, 0.717) is 11.7 Å². The summed E-state index contributed by atoms with van der Waals surface area (Å²) in [6.45, 7) is 2.09. The fourth-order valence-corrected chi connectivity index (χ4v) is 3.28. The summed E-state index contributed by atoms with van der Waals surface area (Å²) in [4.78, 5) is 0. The minimum absolute atomic E-state index is 0.296. The van der Waals surface area contributed by atoms with Crippen molar-refractivity contribution in [2.45, 2.75) is 26.2 Å². The van der Waals surface area contributed by atoms with Crippen LogP contribution in [0.3, 0.4) is 0 Å². The van der Waals surface area contributed by atoms with Crippen molar-refractivity contribution in [1.82, 2.24) is 0 Å². The van der Waals surface area contributed by atoms with E-state index >= 15 is 0 Å². The molecule has 1 rings (SSSR count). The molecule has 0 aliphatic carbocycles. The average Bonchev–Trinajstić information content (AvgIpc) is 2.26. The predicted octanol–water partition coefficient (Wildman–Crippen LogP) is 3.37. The second-order valence-electron chi connectivity index (χ2n) is 4.99. The zero-order valence-electron chi connectivity index (χ0n) is 11.0. The highest BCUT2D eigenvalue weighted by atomic mass is 79.9. The van der Waals surface area contributed by atoms with Crippen molar-refractivity contribution in [3.8, 4) is 0 Å². The summed E-state index contributed by atoms with van der Waals surface area (Å²) in [5.41, 5.74) is 2.61. The number of hydrogen-bond acceptors (Lipinski definition) is 2. The number of hydrogen-bond donors (Lipinski definition) is 0. The molecule has 4 heteroatoms. The Morgan fingerprint density at radius 3 is 2.61 bits per heavy atom. The molecule has 0 amide bonds. The molecule has 0 saturated heterocycles. The summed E-state index contributed by atoms with van der Waals surface area (Å²) in [6, 6.07) is 8.51. The number of aryl methyl sites for hydroxylation is 1. The van der Waals surface area contributed by atoms with Gasteiger partial charge in [-0.15, -0.1) is 0 Å². The van der Waals surface area contributed by atoms with Crippen LogP contribution in [0.5, 0.6) is 0 Å². The minimum atomic E-state index is -2.82. The van der Waals surface area contributed by atoms with Gasteiger partial charge < -0.3 is 0 Å². The van der Waals surface area contributed by atoms with E-state index in [0.717, 1.165) is 24.6 Å². The van der Waals surface area contributed by atoms with E-state index in [1.807, 2.05) is 0 Å². The highest BCUT2D eigenvalue weighted by molar-refractivity contribution is 9.09. The molecule has 0 aliphatic heterocycles. The molecule has 2 nitrogen and oxygen atoms in total. The first kappa shape index (κ1) is 15.7. The standard InChI is InChI=1S/C14H21BrO2S/c1-12-5-3-6-13(9-12)10-14(11-15)7-4-8-18(2,16)17/h3,5-6,9,14H,4,7-8,10-11H2,1-2H3. The maximum absolute atomic E-state index is 11.1. The molecular weight excluding hydrogens is 312 g/mol. The number of alkyl halides is 1. The third-order valence-electron chi connectivity index (χ3n) is 2.95. The van der Waals surface area contributed by atoms with E-state index < -0.39 is 9.84 Å². The molecule has 0 aliphatic rings. The number of rotatable bonds is 7. The fraction of sp³-hybridized carbons (Fsp3) is 0.571. The summed E-state index contributed by atoms with van der Waals surface area (Å²) in [7, 11) is -2.82. The summed E-state index contributed by atoms with van der Waals surface area (Å²) in [6.07, 6.45) is 4.01. The van der Waals surface area contributed by atoms with Crippen LogP contribution in [-0.2, 0) is 16.3 Å². The van der Waals surface area contributed by atoms with E-state index in [9.17, 15) is 8.42 Å². The molecule has 0 radical (unpaired) electrons. The van der Waals surface area contributed by atoms with Crippen LogP contribution in [0.1, 0.15) is 24.0 Å². The molecule has 102 valence electrons. The molecule has 0 heterocycles. The van der Waals surface area contributed by atoms with Gasteiger partial charge in [0.15, 0.2) is 0 Å². The smallest absolute Gasteiger partial charge is 0.147 e. The van der Waals surface area contributed by atoms with Gasteiger partial charge in [-0.25, -0.2) is 8.42 Å². The van der Waals surface area contributed by atoms with Crippen molar-refractivity contribution < 1.29 is 8.42 Å². The molecule has 1 aromatic carbocycles. The zero-order chi connectivity index (χ0) is 13.6. The molecule has 0 spiro atoms. The fourth-order valence-electron chi connectivity index (χ4n) is 2.04.